The summed E-state index contributed by atoms with van der Waals surface area (Å²) < 4.78 is 11.8. The molecule has 39 heavy (non-hydrogen) atoms. The number of ether oxygens (including phenoxy) is 1. The molecule has 8 nitrogen and oxygen atoms in total. The van der Waals surface area contributed by atoms with Gasteiger partial charge in [0.1, 0.15) is 23.6 Å². The van der Waals surface area contributed by atoms with E-state index in [0.29, 0.717) is 23.1 Å². The summed E-state index contributed by atoms with van der Waals surface area (Å²) in [5.41, 5.74) is 3.00. The van der Waals surface area contributed by atoms with Crippen LogP contribution in [0.1, 0.15) is 41.7 Å². The zero-order valence-corrected chi connectivity index (χ0v) is 22.8. The topological polar surface area (TPSA) is 94.0 Å². The molecule has 206 valence electrons. The molecule has 0 saturated carbocycles. The number of H-pyrrole nitrogens is 1. The zero-order valence-electron chi connectivity index (χ0n) is 22.0. The summed E-state index contributed by atoms with van der Waals surface area (Å²) in [6.07, 6.45) is 5.20. The molecule has 2 aromatic carbocycles. The molecule has 1 amide bonds. The number of hydrogen-bond donors (Lipinski definition) is 3. The van der Waals surface area contributed by atoms with Crippen molar-refractivity contribution in [2.75, 3.05) is 39.3 Å². The number of rotatable bonds is 8. The van der Waals surface area contributed by atoms with Crippen LogP contribution in [0.4, 0.5) is 0 Å². The molecule has 0 radical (unpaired) electrons. The number of piperidine rings is 2. The third-order valence-corrected chi connectivity index (χ3v) is 8.40. The Labute approximate surface area is 232 Å². The Morgan fingerprint density at radius 1 is 1.05 bits per heavy atom. The van der Waals surface area contributed by atoms with Crippen LogP contribution in [0.25, 0.3) is 21.9 Å². The molecule has 2 aliphatic rings. The molecule has 0 aliphatic carbocycles. The molecule has 2 fully saturated rings. The van der Waals surface area contributed by atoms with Crippen molar-refractivity contribution in [3.8, 4) is 5.75 Å². The van der Waals surface area contributed by atoms with Gasteiger partial charge in [-0.1, -0.05) is 23.7 Å². The van der Waals surface area contributed by atoms with Gasteiger partial charge in [0.15, 0.2) is 0 Å². The average molecular weight is 551 g/mol. The predicted octanol–water partition coefficient (Wildman–Crippen LogP) is 4.80. The number of aromatic nitrogens is 1. The van der Waals surface area contributed by atoms with Gasteiger partial charge in [-0.05, 0) is 56.0 Å². The quantitative estimate of drug-likeness (QED) is 0.292. The van der Waals surface area contributed by atoms with E-state index in [-0.39, 0.29) is 18.1 Å². The van der Waals surface area contributed by atoms with Gasteiger partial charge in [0.2, 0.25) is 0 Å². The van der Waals surface area contributed by atoms with Gasteiger partial charge in [0.25, 0.3) is 5.91 Å². The third-order valence-electron chi connectivity index (χ3n) is 8.09. The minimum atomic E-state index is -0.126. The van der Waals surface area contributed by atoms with Gasteiger partial charge in [-0.2, -0.15) is 0 Å². The van der Waals surface area contributed by atoms with Crippen molar-refractivity contribution in [3.63, 3.8) is 0 Å². The molecule has 0 spiro atoms. The highest BCUT2D eigenvalue weighted by molar-refractivity contribution is 6.35. The maximum atomic E-state index is 13.1. The summed E-state index contributed by atoms with van der Waals surface area (Å²) >= 11 is 6.38. The Bertz CT molecular complexity index is 1430. The number of halogens is 1. The van der Waals surface area contributed by atoms with Crippen LogP contribution in [0, 0.1) is 0 Å². The normalized spacial score (nSPS) is 18.2. The Morgan fingerprint density at radius 2 is 1.77 bits per heavy atom. The van der Waals surface area contributed by atoms with Crippen molar-refractivity contribution in [1.29, 1.82) is 0 Å². The van der Waals surface area contributed by atoms with Gasteiger partial charge in [0, 0.05) is 67.2 Å². The molecular weight excluding hydrogens is 516 g/mol. The van der Waals surface area contributed by atoms with Gasteiger partial charge in [-0.3, -0.25) is 4.79 Å². The third kappa shape index (κ3) is 5.94. The summed E-state index contributed by atoms with van der Waals surface area (Å²) in [5.74, 6) is 0.607. The first-order chi connectivity index (χ1) is 19.0. The van der Waals surface area contributed by atoms with Crippen molar-refractivity contribution >= 4 is 39.4 Å². The largest absolute Gasteiger partial charge is 0.488 e. The number of aliphatic hydroxyl groups is 1. The van der Waals surface area contributed by atoms with Crippen LogP contribution >= 0.6 is 11.6 Å². The van der Waals surface area contributed by atoms with Crippen LogP contribution in [0.15, 0.2) is 53.1 Å². The Hall–Kier alpha value is -3.04. The number of hydrogen-bond acceptors (Lipinski definition) is 6. The van der Waals surface area contributed by atoms with E-state index in [9.17, 15) is 9.90 Å². The van der Waals surface area contributed by atoms with Crippen molar-refractivity contribution < 1.29 is 19.1 Å². The highest BCUT2D eigenvalue weighted by atomic mass is 35.5. The second kappa shape index (κ2) is 11.6. The predicted molar refractivity (Wildman–Crippen MR) is 152 cm³/mol. The molecular formula is C30H35ClN4O4. The van der Waals surface area contributed by atoms with Crippen LogP contribution in [-0.2, 0) is 6.61 Å². The Kier molecular flexibility index (Phi) is 7.79. The maximum absolute atomic E-state index is 13.1. The van der Waals surface area contributed by atoms with Gasteiger partial charge >= 0.3 is 0 Å². The van der Waals surface area contributed by atoms with Gasteiger partial charge in [-0.15, -0.1) is 0 Å². The summed E-state index contributed by atoms with van der Waals surface area (Å²) in [6, 6.07) is 13.4. The van der Waals surface area contributed by atoms with Gasteiger partial charge < -0.3 is 34.4 Å². The minimum absolute atomic E-state index is 0.0879. The minimum Gasteiger partial charge on any atom is -0.488 e. The summed E-state index contributed by atoms with van der Waals surface area (Å²) in [4.78, 5) is 21.3. The SMILES string of the molecule is O=C(NC1CCN(CCN2CCC(O)CC2)CC1)c1cc2c(OCc3coc4cccc(Cl)c34)cccc2[nH]1. The molecule has 0 unspecified atom stereocenters. The first-order valence-electron chi connectivity index (χ1n) is 13.9. The van der Waals surface area contributed by atoms with Crippen molar-refractivity contribution in [1.82, 2.24) is 20.1 Å². The van der Waals surface area contributed by atoms with Crippen molar-refractivity contribution in [3.05, 3.63) is 65.0 Å². The van der Waals surface area contributed by atoms with Crippen LogP contribution in [-0.4, -0.2) is 77.2 Å². The van der Waals surface area contributed by atoms with Crippen molar-refractivity contribution in [2.45, 2.75) is 44.4 Å². The molecule has 4 aromatic rings. The number of carbonyl (C=O) groups excluding carboxylic acids is 1. The average Bonchev–Trinajstić information content (AvgIpc) is 3.58. The van der Waals surface area contributed by atoms with Gasteiger partial charge in [0.05, 0.1) is 17.4 Å². The summed E-state index contributed by atoms with van der Waals surface area (Å²) in [5, 5.41) is 15.3. The number of carbonyl (C=O) groups is 1. The van der Waals surface area contributed by atoms with Gasteiger partial charge in [-0.25, -0.2) is 0 Å². The Balaban J connectivity index is 1.03. The number of likely N-dealkylation sites (tertiary alicyclic amines) is 2. The van der Waals surface area contributed by atoms with E-state index in [0.717, 1.165) is 92.4 Å². The highest BCUT2D eigenvalue weighted by Gasteiger charge is 2.23. The van der Waals surface area contributed by atoms with Crippen LogP contribution in [0.2, 0.25) is 5.02 Å². The smallest absolute Gasteiger partial charge is 0.267 e. The highest BCUT2D eigenvalue weighted by Crippen LogP contribution is 2.31. The molecule has 9 heteroatoms. The molecule has 2 aromatic heterocycles. The number of aromatic amines is 1. The first-order valence-corrected chi connectivity index (χ1v) is 14.2. The van der Waals surface area contributed by atoms with E-state index in [4.69, 9.17) is 20.8 Å². The number of benzene rings is 2. The number of nitrogens with zero attached hydrogens (tertiary/aromatic N) is 2. The zero-order chi connectivity index (χ0) is 26.8. The van der Waals surface area contributed by atoms with Crippen LogP contribution in [0.5, 0.6) is 5.75 Å². The fourth-order valence-corrected chi connectivity index (χ4v) is 6.02. The molecule has 3 N–H and O–H groups in total. The number of fused-ring (bicyclic) bond motifs is 2. The summed E-state index contributed by atoms with van der Waals surface area (Å²) in [6.45, 7) is 6.34. The van der Waals surface area contributed by atoms with E-state index in [2.05, 4.69) is 20.1 Å². The first kappa shape index (κ1) is 26.2. The fraction of sp³-hybridized carbons (Fsp3) is 0.433. The standard InChI is InChI=1S/C30H35ClN4O4/c31-24-3-1-6-28-29(24)20(19-39-28)18-38-27-5-2-4-25-23(27)17-26(33-25)30(37)32-21-7-11-34(12-8-21)15-16-35-13-9-22(36)10-14-35/h1-6,17,19,21-22,33,36H,7-16,18H2,(H,32,37). The second-order valence-corrected chi connectivity index (χ2v) is 11.1. The molecule has 4 heterocycles. The monoisotopic (exact) mass is 550 g/mol. The summed E-state index contributed by atoms with van der Waals surface area (Å²) in [7, 11) is 0. The van der Waals surface area contributed by atoms with Crippen LogP contribution < -0.4 is 10.1 Å². The number of nitrogens with one attached hydrogen (secondary N) is 2. The van der Waals surface area contributed by atoms with Crippen molar-refractivity contribution in [2.24, 2.45) is 0 Å². The number of aliphatic hydroxyl groups excluding tert-OH is 1. The lowest BCUT2D eigenvalue weighted by molar-refractivity contribution is 0.0729. The fourth-order valence-electron chi connectivity index (χ4n) is 5.73. The van der Waals surface area contributed by atoms with E-state index in [1.54, 1.807) is 6.26 Å². The molecule has 0 atom stereocenters. The molecule has 2 saturated heterocycles. The number of amides is 1. The maximum Gasteiger partial charge on any atom is 0.267 e. The lowest BCUT2D eigenvalue weighted by Crippen LogP contribution is -2.47. The lowest BCUT2D eigenvalue weighted by atomic mass is 10.0. The second-order valence-electron chi connectivity index (χ2n) is 10.7. The molecule has 2 aliphatic heterocycles. The van der Waals surface area contributed by atoms with E-state index in [1.807, 2.05) is 42.5 Å². The van der Waals surface area contributed by atoms with E-state index in [1.165, 1.54) is 0 Å². The van der Waals surface area contributed by atoms with E-state index >= 15 is 0 Å². The molecule has 0 bridgehead atoms. The molecule has 6 rings (SSSR count). The lowest BCUT2D eigenvalue weighted by Gasteiger charge is -2.35. The van der Waals surface area contributed by atoms with Crippen LogP contribution in [0.3, 0.4) is 0 Å². The van der Waals surface area contributed by atoms with E-state index < -0.39 is 0 Å². The Morgan fingerprint density at radius 3 is 2.54 bits per heavy atom. The number of furan rings is 1.